The largest absolute Gasteiger partial charge is 0.508 e. The topological polar surface area (TPSA) is 61.5 Å². The Balaban J connectivity index is 1.52. The van der Waals surface area contributed by atoms with Crippen LogP contribution in [0, 0.1) is 5.92 Å². The van der Waals surface area contributed by atoms with Crippen molar-refractivity contribution in [1.82, 2.24) is 14.5 Å². The molecule has 0 unspecified atom stereocenters. The number of imidazole rings is 1. The van der Waals surface area contributed by atoms with Crippen molar-refractivity contribution in [3.8, 4) is 22.6 Å². The van der Waals surface area contributed by atoms with Crippen LogP contribution in [0.2, 0.25) is 0 Å². The van der Waals surface area contributed by atoms with Gasteiger partial charge in [0.1, 0.15) is 11.5 Å². The molecular weight excluding hydrogens is 374 g/mol. The molecule has 1 aliphatic rings. The Labute approximate surface area is 178 Å². The molecule has 2 aromatic carbocycles. The molecule has 2 N–H and O–H groups in total. The average Bonchev–Trinajstić information content (AvgIpc) is 3.15. The molecule has 0 saturated heterocycles. The summed E-state index contributed by atoms with van der Waals surface area (Å²) in [4.78, 5) is 7.11. The van der Waals surface area contributed by atoms with Gasteiger partial charge in [0.2, 0.25) is 0 Å². The summed E-state index contributed by atoms with van der Waals surface area (Å²) >= 11 is 0. The van der Waals surface area contributed by atoms with E-state index in [4.69, 9.17) is 0 Å². The standard InChI is InChI=1S/C25H31N3O2/c1-18-3-9-22(10-4-18)28(16-21-15-27(2)17-26-21)14-19-5-7-20(8-6-19)24-13-23(29)11-12-25(24)30/h5-8,11-13,15,17-18,22,29-30H,3-4,9-10,14,16H2,1-2H3. The van der Waals surface area contributed by atoms with E-state index in [-0.39, 0.29) is 11.5 Å². The van der Waals surface area contributed by atoms with Gasteiger partial charge in [-0.1, -0.05) is 31.2 Å². The number of hydrogen-bond acceptors (Lipinski definition) is 4. The molecule has 30 heavy (non-hydrogen) atoms. The second-order valence-corrected chi connectivity index (χ2v) is 8.75. The first-order valence-electron chi connectivity index (χ1n) is 10.8. The van der Waals surface area contributed by atoms with Crippen LogP contribution in [0.5, 0.6) is 11.5 Å². The molecule has 1 fully saturated rings. The number of aromatic nitrogens is 2. The molecule has 4 rings (SSSR count). The zero-order valence-corrected chi connectivity index (χ0v) is 17.8. The van der Waals surface area contributed by atoms with Crippen LogP contribution in [0.4, 0.5) is 0 Å². The Morgan fingerprint density at radius 2 is 1.73 bits per heavy atom. The number of phenolic OH excluding ortho intramolecular Hbond substituents is 2. The maximum atomic E-state index is 10.1. The lowest BCUT2D eigenvalue weighted by Gasteiger charge is -2.36. The van der Waals surface area contributed by atoms with Crippen LogP contribution in [0.1, 0.15) is 43.9 Å². The Morgan fingerprint density at radius 1 is 1.00 bits per heavy atom. The minimum atomic E-state index is 0.153. The van der Waals surface area contributed by atoms with Crippen molar-refractivity contribution in [2.24, 2.45) is 13.0 Å². The highest BCUT2D eigenvalue weighted by molar-refractivity contribution is 5.71. The summed E-state index contributed by atoms with van der Waals surface area (Å²) in [5.74, 6) is 1.15. The second-order valence-electron chi connectivity index (χ2n) is 8.75. The third-order valence-electron chi connectivity index (χ3n) is 6.26. The van der Waals surface area contributed by atoms with E-state index in [0.29, 0.717) is 11.6 Å². The van der Waals surface area contributed by atoms with Gasteiger partial charge in [-0.25, -0.2) is 4.98 Å². The minimum Gasteiger partial charge on any atom is -0.508 e. The monoisotopic (exact) mass is 405 g/mol. The molecule has 0 aliphatic heterocycles. The molecule has 5 nitrogen and oxygen atoms in total. The van der Waals surface area contributed by atoms with Crippen molar-refractivity contribution in [3.63, 3.8) is 0 Å². The normalized spacial score (nSPS) is 19.3. The predicted molar refractivity (Wildman–Crippen MR) is 119 cm³/mol. The fraction of sp³-hybridized carbons (Fsp3) is 0.400. The van der Waals surface area contributed by atoms with Gasteiger partial charge in [-0.2, -0.15) is 0 Å². The highest BCUT2D eigenvalue weighted by atomic mass is 16.3. The van der Waals surface area contributed by atoms with Crippen LogP contribution in [0.15, 0.2) is 55.0 Å². The van der Waals surface area contributed by atoms with E-state index < -0.39 is 0 Å². The lowest BCUT2D eigenvalue weighted by molar-refractivity contribution is 0.123. The van der Waals surface area contributed by atoms with Crippen molar-refractivity contribution in [3.05, 3.63) is 66.2 Å². The number of rotatable bonds is 6. The minimum absolute atomic E-state index is 0.153. The smallest absolute Gasteiger partial charge is 0.123 e. The number of aromatic hydroxyl groups is 2. The molecule has 1 saturated carbocycles. The highest BCUT2D eigenvalue weighted by Gasteiger charge is 2.25. The number of benzene rings is 2. The molecule has 1 aromatic heterocycles. The van der Waals surface area contributed by atoms with Gasteiger partial charge >= 0.3 is 0 Å². The van der Waals surface area contributed by atoms with Crippen molar-refractivity contribution < 1.29 is 10.2 Å². The number of hydrogen-bond donors (Lipinski definition) is 2. The summed E-state index contributed by atoms with van der Waals surface area (Å²) in [6.07, 6.45) is 9.03. The van der Waals surface area contributed by atoms with Crippen LogP contribution in [0.3, 0.4) is 0 Å². The summed E-state index contributed by atoms with van der Waals surface area (Å²) in [6, 6.07) is 13.5. The maximum Gasteiger partial charge on any atom is 0.123 e. The van der Waals surface area contributed by atoms with E-state index in [2.05, 4.69) is 35.1 Å². The molecule has 3 aromatic rings. The van der Waals surface area contributed by atoms with Crippen LogP contribution in [-0.2, 0) is 20.1 Å². The quantitative estimate of drug-likeness (QED) is 0.562. The lowest BCUT2D eigenvalue weighted by Crippen LogP contribution is -2.37. The van der Waals surface area contributed by atoms with Gasteiger partial charge in [0.25, 0.3) is 0 Å². The van der Waals surface area contributed by atoms with E-state index in [1.165, 1.54) is 43.4 Å². The summed E-state index contributed by atoms with van der Waals surface area (Å²) < 4.78 is 2.01. The van der Waals surface area contributed by atoms with Crippen molar-refractivity contribution in [2.75, 3.05) is 0 Å². The van der Waals surface area contributed by atoms with E-state index >= 15 is 0 Å². The fourth-order valence-electron chi connectivity index (χ4n) is 4.46. The molecule has 1 heterocycles. The molecule has 158 valence electrons. The van der Waals surface area contributed by atoms with Crippen molar-refractivity contribution in [1.29, 1.82) is 0 Å². The molecule has 0 amide bonds. The average molecular weight is 406 g/mol. The second kappa shape index (κ2) is 8.92. The van der Waals surface area contributed by atoms with Crippen LogP contribution in [-0.4, -0.2) is 30.7 Å². The Kier molecular flexibility index (Phi) is 6.09. The molecule has 0 bridgehead atoms. The zero-order chi connectivity index (χ0) is 21.1. The van der Waals surface area contributed by atoms with Gasteiger partial charge < -0.3 is 14.8 Å². The first-order chi connectivity index (χ1) is 14.5. The van der Waals surface area contributed by atoms with Gasteiger partial charge in [0, 0.05) is 37.9 Å². The third-order valence-corrected chi connectivity index (χ3v) is 6.26. The van der Waals surface area contributed by atoms with E-state index in [0.717, 1.165) is 30.3 Å². The maximum absolute atomic E-state index is 10.1. The first kappa shape index (κ1) is 20.5. The van der Waals surface area contributed by atoms with Crippen molar-refractivity contribution in [2.45, 2.75) is 51.7 Å². The molecule has 0 atom stereocenters. The highest BCUT2D eigenvalue weighted by Crippen LogP contribution is 2.33. The van der Waals surface area contributed by atoms with Gasteiger partial charge in [-0.05, 0) is 60.9 Å². The molecule has 0 radical (unpaired) electrons. The van der Waals surface area contributed by atoms with Crippen LogP contribution < -0.4 is 0 Å². The number of aryl methyl sites for hydroxylation is 1. The van der Waals surface area contributed by atoms with Gasteiger partial charge in [0.05, 0.1) is 12.0 Å². The first-order valence-corrected chi connectivity index (χ1v) is 10.8. The summed E-state index contributed by atoms with van der Waals surface area (Å²) in [6.45, 7) is 4.09. The predicted octanol–water partition coefficient (Wildman–Crippen LogP) is 5.08. The number of nitrogens with zero attached hydrogens (tertiary/aromatic N) is 3. The molecule has 0 spiro atoms. The lowest BCUT2D eigenvalue weighted by atomic mass is 9.86. The Hall–Kier alpha value is -2.79. The number of phenols is 2. The van der Waals surface area contributed by atoms with Gasteiger partial charge in [-0.3, -0.25) is 4.90 Å². The van der Waals surface area contributed by atoms with Gasteiger partial charge in [-0.15, -0.1) is 0 Å². The van der Waals surface area contributed by atoms with Gasteiger partial charge in [0.15, 0.2) is 0 Å². The zero-order valence-electron chi connectivity index (χ0n) is 17.8. The van der Waals surface area contributed by atoms with Crippen LogP contribution in [0.25, 0.3) is 11.1 Å². The van der Waals surface area contributed by atoms with Crippen molar-refractivity contribution >= 4 is 0 Å². The van der Waals surface area contributed by atoms with E-state index in [1.54, 1.807) is 6.07 Å². The molecular formula is C25H31N3O2. The van der Waals surface area contributed by atoms with E-state index in [1.807, 2.05) is 30.1 Å². The Bertz CT molecular complexity index is 972. The molecule has 5 heteroatoms. The summed E-state index contributed by atoms with van der Waals surface area (Å²) in [5.41, 5.74) is 3.90. The van der Waals surface area contributed by atoms with Crippen LogP contribution >= 0.6 is 0 Å². The SMILES string of the molecule is CC1CCC(N(Cc2ccc(-c3cc(O)ccc3O)cc2)Cc2cn(C)cn2)CC1. The fourth-order valence-corrected chi connectivity index (χ4v) is 4.46. The Morgan fingerprint density at radius 3 is 2.40 bits per heavy atom. The third kappa shape index (κ3) is 4.85. The summed E-state index contributed by atoms with van der Waals surface area (Å²) in [7, 11) is 2.01. The molecule has 1 aliphatic carbocycles. The van der Waals surface area contributed by atoms with E-state index in [9.17, 15) is 10.2 Å². The summed E-state index contributed by atoms with van der Waals surface area (Å²) in [5, 5.41) is 19.9.